The van der Waals surface area contributed by atoms with E-state index in [1.54, 1.807) is 0 Å². The zero-order valence-corrected chi connectivity index (χ0v) is 11.5. The second kappa shape index (κ2) is 4.44. The molecule has 0 aromatic carbocycles. The summed E-state index contributed by atoms with van der Waals surface area (Å²) < 4.78 is 2.20. The fourth-order valence-corrected chi connectivity index (χ4v) is 3.17. The van der Waals surface area contributed by atoms with E-state index < -0.39 is 0 Å². The van der Waals surface area contributed by atoms with Crippen molar-refractivity contribution in [3.8, 4) is 0 Å². The van der Waals surface area contributed by atoms with Crippen LogP contribution in [0.25, 0.3) is 0 Å². The molecule has 1 fully saturated rings. The summed E-state index contributed by atoms with van der Waals surface area (Å²) in [6.45, 7) is 7.49. The molecule has 1 aromatic heterocycles. The molecule has 3 heteroatoms. The molecule has 0 atom stereocenters. The van der Waals surface area contributed by atoms with Crippen LogP contribution in [0.2, 0.25) is 0 Å². The molecule has 0 amide bonds. The van der Waals surface area contributed by atoms with Crippen LogP contribution in [0, 0.1) is 26.2 Å². The second-order valence-corrected chi connectivity index (χ2v) is 5.63. The van der Waals surface area contributed by atoms with Gasteiger partial charge in [-0.2, -0.15) is 17.7 Å². The summed E-state index contributed by atoms with van der Waals surface area (Å²) in [7, 11) is 0. The lowest BCUT2D eigenvalue weighted by Crippen LogP contribution is -2.26. The molecule has 1 aliphatic rings. The minimum Gasteiger partial charge on any atom is -0.269 e. The van der Waals surface area contributed by atoms with Crippen molar-refractivity contribution in [3.05, 3.63) is 17.0 Å². The summed E-state index contributed by atoms with van der Waals surface area (Å²) >= 11 is 4.56. The molecule has 90 valence electrons. The molecule has 2 rings (SSSR count). The van der Waals surface area contributed by atoms with E-state index in [1.807, 2.05) is 0 Å². The van der Waals surface area contributed by atoms with Gasteiger partial charge in [0.05, 0.1) is 5.69 Å². The van der Waals surface area contributed by atoms with E-state index in [1.165, 1.54) is 42.6 Å². The number of nitrogens with zero attached hydrogens (tertiary/aromatic N) is 2. The Kier molecular flexibility index (Phi) is 3.34. The van der Waals surface area contributed by atoms with E-state index in [9.17, 15) is 0 Å². The maximum atomic E-state index is 4.65. The Morgan fingerprint density at radius 3 is 2.31 bits per heavy atom. The molecule has 2 nitrogen and oxygen atoms in total. The predicted octanol–water partition coefficient (Wildman–Crippen LogP) is 3.30. The Morgan fingerprint density at radius 1 is 1.25 bits per heavy atom. The van der Waals surface area contributed by atoms with Crippen molar-refractivity contribution >= 4 is 12.6 Å². The highest BCUT2D eigenvalue weighted by Crippen LogP contribution is 2.40. The first-order valence-corrected chi connectivity index (χ1v) is 6.83. The lowest BCUT2D eigenvalue weighted by molar-refractivity contribution is 0.273. The zero-order chi connectivity index (χ0) is 11.8. The van der Waals surface area contributed by atoms with Crippen LogP contribution in [0.15, 0.2) is 0 Å². The molecule has 0 radical (unpaired) electrons. The van der Waals surface area contributed by atoms with Crippen molar-refractivity contribution in [1.82, 2.24) is 9.78 Å². The van der Waals surface area contributed by atoms with Gasteiger partial charge >= 0.3 is 0 Å². The van der Waals surface area contributed by atoms with Gasteiger partial charge in [0.1, 0.15) is 0 Å². The van der Waals surface area contributed by atoms with E-state index in [0.717, 1.165) is 12.3 Å². The predicted molar refractivity (Wildman–Crippen MR) is 71.2 cm³/mol. The van der Waals surface area contributed by atoms with Gasteiger partial charge in [-0.25, -0.2) is 0 Å². The highest BCUT2D eigenvalue weighted by Gasteiger charge is 2.33. The molecular formula is C13H22N2S. The number of aryl methyl sites for hydroxylation is 1. The quantitative estimate of drug-likeness (QED) is 0.800. The minimum absolute atomic E-state index is 0.402. The molecule has 0 saturated heterocycles. The molecule has 0 spiro atoms. The molecule has 0 unspecified atom stereocenters. The van der Waals surface area contributed by atoms with Crippen LogP contribution in [-0.4, -0.2) is 15.5 Å². The second-order valence-electron chi connectivity index (χ2n) is 5.32. The summed E-state index contributed by atoms with van der Waals surface area (Å²) in [4.78, 5) is 0. The Morgan fingerprint density at radius 2 is 1.88 bits per heavy atom. The van der Waals surface area contributed by atoms with E-state index in [2.05, 4.69) is 43.2 Å². The van der Waals surface area contributed by atoms with Gasteiger partial charge in [-0.1, -0.05) is 12.8 Å². The van der Waals surface area contributed by atoms with Crippen LogP contribution < -0.4 is 0 Å². The molecule has 1 aromatic rings. The van der Waals surface area contributed by atoms with Gasteiger partial charge in [0.25, 0.3) is 0 Å². The molecule has 0 aliphatic heterocycles. The topological polar surface area (TPSA) is 17.8 Å². The average molecular weight is 238 g/mol. The van der Waals surface area contributed by atoms with Crippen LogP contribution in [0.5, 0.6) is 0 Å². The molecule has 0 bridgehead atoms. The van der Waals surface area contributed by atoms with E-state index in [4.69, 9.17) is 0 Å². The van der Waals surface area contributed by atoms with Crippen LogP contribution in [0.4, 0.5) is 0 Å². The highest BCUT2D eigenvalue weighted by atomic mass is 32.1. The van der Waals surface area contributed by atoms with Gasteiger partial charge in [0, 0.05) is 12.2 Å². The number of hydrogen-bond acceptors (Lipinski definition) is 2. The molecular weight excluding hydrogens is 216 g/mol. The lowest BCUT2D eigenvalue weighted by Gasteiger charge is -2.27. The third-order valence-corrected chi connectivity index (χ3v) is 4.90. The van der Waals surface area contributed by atoms with E-state index >= 15 is 0 Å². The van der Waals surface area contributed by atoms with Gasteiger partial charge in [0.15, 0.2) is 0 Å². The Balaban J connectivity index is 2.22. The maximum Gasteiger partial charge on any atom is 0.0625 e. The number of thiol groups is 1. The Bertz CT molecular complexity index is 376. The first-order valence-electron chi connectivity index (χ1n) is 6.19. The summed E-state index contributed by atoms with van der Waals surface area (Å²) in [5.41, 5.74) is 4.24. The third-order valence-electron chi connectivity index (χ3n) is 4.23. The number of aromatic nitrogens is 2. The summed E-state index contributed by atoms with van der Waals surface area (Å²) in [5.74, 6) is 0.990. The Hall–Kier alpha value is -0.440. The summed E-state index contributed by atoms with van der Waals surface area (Å²) in [6, 6.07) is 0. The zero-order valence-electron chi connectivity index (χ0n) is 10.6. The van der Waals surface area contributed by atoms with Crippen LogP contribution in [0.1, 0.15) is 42.6 Å². The summed E-state index contributed by atoms with van der Waals surface area (Å²) in [5, 5.41) is 4.65. The fraction of sp³-hybridized carbons (Fsp3) is 0.769. The van der Waals surface area contributed by atoms with Crippen molar-refractivity contribution in [3.63, 3.8) is 0 Å². The largest absolute Gasteiger partial charge is 0.269 e. The van der Waals surface area contributed by atoms with Crippen molar-refractivity contribution in [1.29, 1.82) is 0 Å². The first-order chi connectivity index (χ1) is 7.58. The SMILES string of the molecule is Cc1nn(CC2(CS)CCCC2)c(C)c1C. The molecule has 16 heavy (non-hydrogen) atoms. The van der Waals surface area contributed by atoms with Crippen LogP contribution in [0.3, 0.4) is 0 Å². The average Bonchev–Trinajstić information content (AvgIpc) is 2.83. The first kappa shape index (κ1) is 12.0. The summed E-state index contributed by atoms with van der Waals surface area (Å²) in [6.07, 6.45) is 5.35. The Labute approximate surface area is 104 Å². The standard InChI is InChI=1S/C13H22N2S/c1-10-11(2)14-15(12(10)3)8-13(9-16)6-4-5-7-13/h16H,4-9H2,1-3H3. The van der Waals surface area contributed by atoms with Gasteiger partial charge in [-0.3, -0.25) is 4.68 Å². The van der Waals surface area contributed by atoms with Crippen molar-refractivity contribution in [2.24, 2.45) is 5.41 Å². The fourth-order valence-electron chi connectivity index (χ4n) is 2.75. The van der Waals surface area contributed by atoms with Gasteiger partial charge in [-0.05, 0) is 50.3 Å². The molecule has 0 N–H and O–H groups in total. The van der Waals surface area contributed by atoms with E-state index in [-0.39, 0.29) is 0 Å². The number of rotatable bonds is 3. The van der Waals surface area contributed by atoms with Gasteiger partial charge in [-0.15, -0.1) is 0 Å². The van der Waals surface area contributed by atoms with Crippen molar-refractivity contribution in [2.75, 3.05) is 5.75 Å². The smallest absolute Gasteiger partial charge is 0.0625 e. The molecule has 1 saturated carbocycles. The van der Waals surface area contributed by atoms with Crippen molar-refractivity contribution < 1.29 is 0 Å². The van der Waals surface area contributed by atoms with Crippen LogP contribution in [-0.2, 0) is 6.54 Å². The van der Waals surface area contributed by atoms with Crippen molar-refractivity contribution in [2.45, 2.75) is 53.0 Å². The molecule has 1 heterocycles. The minimum atomic E-state index is 0.402. The monoisotopic (exact) mass is 238 g/mol. The van der Waals surface area contributed by atoms with Gasteiger partial charge < -0.3 is 0 Å². The number of hydrogen-bond donors (Lipinski definition) is 1. The normalized spacial score (nSPS) is 19.2. The third kappa shape index (κ3) is 2.02. The molecule has 1 aliphatic carbocycles. The maximum absolute atomic E-state index is 4.65. The van der Waals surface area contributed by atoms with Gasteiger partial charge in [0.2, 0.25) is 0 Å². The highest BCUT2D eigenvalue weighted by molar-refractivity contribution is 7.80. The van der Waals surface area contributed by atoms with E-state index in [0.29, 0.717) is 5.41 Å². The lowest BCUT2D eigenvalue weighted by atomic mass is 9.88. The van der Waals surface area contributed by atoms with Crippen LogP contribution >= 0.6 is 12.6 Å².